The molecule has 0 amide bonds. The molecule has 1 heterocycles. The Bertz CT molecular complexity index is 398. The fourth-order valence-electron chi connectivity index (χ4n) is 2.10. The van der Waals surface area contributed by atoms with Gasteiger partial charge in [-0.2, -0.15) is 5.10 Å². The molecule has 5 N–H and O–H groups in total. The zero-order valence-corrected chi connectivity index (χ0v) is 9.19. The third-order valence-corrected chi connectivity index (χ3v) is 2.89. The minimum atomic E-state index is 0.368. The molecule has 0 radical (unpaired) electrons. The van der Waals surface area contributed by atoms with Gasteiger partial charge in [0, 0.05) is 17.7 Å². The zero-order chi connectivity index (χ0) is 11.4. The normalized spacial score (nSPS) is 18.6. The molecule has 5 heteroatoms. The van der Waals surface area contributed by atoms with E-state index in [4.69, 9.17) is 11.5 Å². The van der Waals surface area contributed by atoms with Crippen LogP contribution in [0.1, 0.15) is 37.3 Å². The van der Waals surface area contributed by atoms with Crippen molar-refractivity contribution >= 4 is 11.7 Å². The summed E-state index contributed by atoms with van der Waals surface area (Å²) in [6.45, 7) is 0. The molecule has 0 aromatic carbocycles. The van der Waals surface area contributed by atoms with Crippen LogP contribution in [0.2, 0.25) is 0 Å². The topological polar surface area (TPSA) is 93.1 Å². The number of aliphatic imine (C=N–C) groups is 1. The van der Waals surface area contributed by atoms with Gasteiger partial charge >= 0.3 is 0 Å². The molecular formula is C11H17N5. The highest BCUT2D eigenvalue weighted by Gasteiger charge is 2.18. The monoisotopic (exact) mass is 219 g/mol. The molecule has 16 heavy (non-hydrogen) atoms. The van der Waals surface area contributed by atoms with Crippen molar-refractivity contribution in [1.29, 1.82) is 0 Å². The number of H-pyrrole nitrogens is 1. The number of nitrogens with zero attached hydrogens (tertiary/aromatic N) is 2. The molecule has 1 aromatic heterocycles. The second kappa shape index (κ2) is 4.83. The predicted molar refractivity (Wildman–Crippen MR) is 64.4 cm³/mol. The van der Waals surface area contributed by atoms with E-state index in [2.05, 4.69) is 15.2 Å². The first-order valence-corrected chi connectivity index (χ1v) is 5.57. The van der Waals surface area contributed by atoms with Gasteiger partial charge in [-0.3, -0.25) is 5.10 Å². The first-order valence-electron chi connectivity index (χ1n) is 5.57. The second-order valence-corrected chi connectivity index (χ2v) is 4.06. The summed E-state index contributed by atoms with van der Waals surface area (Å²) in [7, 11) is 0. The minimum absolute atomic E-state index is 0.368. The molecule has 86 valence electrons. The van der Waals surface area contributed by atoms with E-state index in [9.17, 15) is 0 Å². The first-order chi connectivity index (χ1) is 7.79. The lowest BCUT2D eigenvalue weighted by Crippen LogP contribution is -2.07. The van der Waals surface area contributed by atoms with E-state index >= 15 is 0 Å². The SMILES string of the molecule is NC=CC(N)=Nc1cc(C2CCCC2)[nH]n1. The summed E-state index contributed by atoms with van der Waals surface area (Å²) in [5.74, 6) is 1.60. The van der Waals surface area contributed by atoms with Crippen LogP contribution in [0, 0.1) is 0 Å². The van der Waals surface area contributed by atoms with Crippen molar-refractivity contribution < 1.29 is 0 Å². The molecule has 0 unspecified atom stereocenters. The van der Waals surface area contributed by atoms with E-state index in [1.54, 1.807) is 6.08 Å². The maximum absolute atomic E-state index is 5.61. The summed E-state index contributed by atoms with van der Waals surface area (Å²) in [6.07, 6.45) is 8.00. The van der Waals surface area contributed by atoms with E-state index < -0.39 is 0 Å². The van der Waals surface area contributed by atoms with Crippen molar-refractivity contribution in [3.8, 4) is 0 Å². The summed E-state index contributed by atoms with van der Waals surface area (Å²) in [5, 5.41) is 7.14. The number of hydrogen-bond acceptors (Lipinski definition) is 3. The van der Waals surface area contributed by atoms with Crippen LogP contribution in [0.25, 0.3) is 0 Å². The molecule has 0 saturated heterocycles. The van der Waals surface area contributed by atoms with Gasteiger partial charge in [0.25, 0.3) is 0 Å². The maximum Gasteiger partial charge on any atom is 0.175 e. The van der Waals surface area contributed by atoms with Gasteiger partial charge < -0.3 is 11.5 Å². The molecule has 2 rings (SSSR count). The van der Waals surface area contributed by atoms with E-state index in [1.165, 1.54) is 37.6 Å². The van der Waals surface area contributed by atoms with Crippen LogP contribution < -0.4 is 11.5 Å². The average Bonchev–Trinajstić information content (AvgIpc) is 2.86. The van der Waals surface area contributed by atoms with Gasteiger partial charge in [-0.25, -0.2) is 4.99 Å². The van der Waals surface area contributed by atoms with Crippen LogP contribution >= 0.6 is 0 Å². The third kappa shape index (κ3) is 2.42. The maximum atomic E-state index is 5.61. The molecule has 0 bridgehead atoms. The van der Waals surface area contributed by atoms with Crippen LogP contribution in [0.15, 0.2) is 23.3 Å². The van der Waals surface area contributed by atoms with E-state index in [0.717, 1.165) is 0 Å². The largest absolute Gasteiger partial charge is 0.404 e. The Morgan fingerprint density at radius 1 is 1.50 bits per heavy atom. The zero-order valence-electron chi connectivity index (χ0n) is 9.19. The molecule has 0 atom stereocenters. The number of aromatic amines is 1. The Morgan fingerprint density at radius 3 is 2.94 bits per heavy atom. The molecule has 1 aliphatic rings. The molecule has 1 aromatic rings. The van der Waals surface area contributed by atoms with Crippen molar-refractivity contribution in [3.05, 3.63) is 24.0 Å². The fourth-order valence-corrected chi connectivity index (χ4v) is 2.10. The lowest BCUT2D eigenvalue weighted by atomic mass is 10.0. The lowest BCUT2D eigenvalue weighted by Gasteiger charge is -2.02. The summed E-state index contributed by atoms with van der Waals surface area (Å²) >= 11 is 0. The summed E-state index contributed by atoms with van der Waals surface area (Å²) < 4.78 is 0. The van der Waals surface area contributed by atoms with Crippen LogP contribution in [-0.2, 0) is 0 Å². The molecule has 1 aliphatic carbocycles. The fraction of sp³-hybridized carbons (Fsp3) is 0.455. The highest BCUT2D eigenvalue weighted by molar-refractivity contribution is 5.92. The van der Waals surface area contributed by atoms with E-state index in [0.29, 0.717) is 17.6 Å². The number of nitrogens with one attached hydrogen (secondary N) is 1. The van der Waals surface area contributed by atoms with Crippen molar-refractivity contribution in [1.82, 2.24) is 10.2 Å². The Hall–Kier alpha value is -1.78. The van der Waals surface area contributed by atoms with E-state index in [-0.39, 0.29) is 0 Å². The van der Waals surface area contributed by atoms with Crippen molar-refractivity contribution in [3.63, 3.8) is 0 Å². The number of nitrogens with two attached hydrogens (primary N) is 2. The number of aromatic nitrogens is 2. The predicted octanol–water partition coefficient (Wildman–Crippen LogP) is 1.53. The van der Waals surface area contributed by atoms with Gasteiger partial charge in [0.2, 0.25) is 0 Å². The summed E-state index contributed by atoms with van der Waals surface area (Å²) in [6, 6.07) is 1.97. The van der Waals surface area contributed by atoms with Crippen LogP contribution in [-0.4, -0.2) is 16.0 Å². The van der Waals surface area contributed by atoms with Gasteiger partial charge in [-0.15, -0.1) is 0 Å². The number of amidine groups is 1. The van der Waals surface area contributed by atoms with Crippen molar-refractivity contribution in [2.24, 2.45) is 16.5 Å². The van der Waals surface area contributed by atoms with E-state index in [1.807, 2.05) is 6.07 Å². The number of hydrogen-bond donors (Lipinski definition) is 3. The van der Waals surface area contributed by atoms with Crippen molar-refractivity contribution in [2.45, 2.75) is 31.6 Å². The third-order valence-electron chi connectivity index (χ3n) is 2.89. The Labute approximate surface area is 94.6 Å². The Balaban J connectivity index is 2.09. The molecule has 0 spiro atoms. The molecular weight excluding hydrogens is 202 g/mol. The first kappa shape index (κ1) is 10.7. The highest BCUT2D eigenvalue weighted by Crippen LogP contribution is 2.33. The quantitative estimate of drug-likeness (QED) is 0.531. The van der Waals surface area contributed by atoms with Crippen molar-refractivity contribution in [2.75, 3.05) is 0 Å². The van der Waals surface area contributed by atoms with Crippen LogP contribution in [0.5, 0.6) is 0 Å². The minimum Gasteiger partial charge on any atom is -0.404 e. The average molecular weight is 219 g/mol. The van der Waals surface area contributed by atoms with Gasteiger partial charge in [0.05, 0.1) is 0 Å². The lowest BCUT2D eigenvalue weighted by molar-refractivity contribution is 0.693. The molecule has 0 aliphatic heterocycles. The van der Waals surface area contributed by atoms with Gasteiger partial charge in [0.1, 0.15) is 5.84 Å². The standard InChI is InChI=1S/C11H17N5/c12-6-5-10(13)14-11-7-9(15-16-11)8-3-1-2-4-8/h5-8H,1-4,12H2,(H3,13,14,15,16). The van der Waals surface area contributed by atoms with Gasteiger partial charge in [-0.05, 0) is 25.1 Å². The van der Waals surface area contributed by atoms with Crippen LogP contribution in [0.4, 0.5) is 5.82 Å². The smallest absolute Gasteiger partial charge is 0.175 e. The molecule has 1 saturated carbocycles. The Morgan fingerprint density at radius 2 is 2.25 bits per heavy atom. The number of rotatable bonds is 3. The molecule has 1 fully saturated rings. The van der Waals surface area contributed by atoms with Gasteiger partial charge in [0.15, 0.2) is 5.82 Å². The summed E-state index contributed by atoms with van der Waals surface area (Å²) in [4.78, 5) is 4.13. The second-order valence-electron chi connectivity index (χ2n) is 4.06. The van der Waals surface area contributed by atoms with Gasteiger partial charge in [-0.1, -0.05) is 12.8 Å². The Kier molecular flexibility index (Phi) is 3.24. The summed E-state index contributed by atoms with van der Waals surface area (Å²) in [5.41, 5.74) is 12.0. The van der Waals surface area contributed by atoms with Crippen LogP contribution in [0.3, 0.4) is 0 Å². The highest BCUT2D eigenvalue weighted by atomic mass is 15.2. The molecule has 5 nitrogen and oxygen atoms in total.